The van der Waals surface area contributed by atoms with Gasteiger partial charge in [-0.1, -0.05) is 6.92 Å². The molecule has 3 saturated heterocycles. The van der Waals surface area contributed by atoms with E-state index in [1.54, 1.807) is 0 Å². The van der Waals surface area contributed by atoms with Crippen molar-refractivity contribution in [2.75, 3.05) is 26.2 Å². The zero-order chi connectivity index (χ0) is 10.2. The summed E-state index contributed by atoms with van der Waals surface area (Å²) < 4.78 is 0. The molecule has 0 aliphatic carbocycles. The smallest absolute Gasteiger partial charge is 0.325 e. The summed E-state index contributed by atoms with van der Waals surface area (Å²) in [7, 11) is 0. The predicted molar refractivity (Wildman–Crippen MR) is 53.2 cm³/mol. The Morgan fingerprint density at radius 1 is 1.57 bits per heavy atom. The summed E-state index contributed by atoms with van der Waals surface area (Å²) in [6, 6.07) is 0. The number of likely N-dealkylation sites (N-methyl/N-ethyl adjacent to an activating group) is 1. The van der Waals surface area contributed by atoms with Crippen LogP contribution in [0.5, 0.6) is 0 Å². The molecule has 3 aliphatic heterocycles. The number of nitrogens with one attached hydrogen (secondary N) is 1. The minimum Gasteiger partial charge on any atom is -0.480 e. The third-order valence-electron chi connectivity index (χ3n) is 3.63. The Morgan fingerprint density at radius 3 is 2.57 bits per heavy atom. The quantitative estimate of drug-likeness (QED) is 0.677. The van der Waals surface area contributed by atoms with E-state index in [0.29, 0.717) is 12.5 Å². The van der Waals surface area contributed by atoms with Crippen LogP contribution in [0.15, 0.2) is 0 Å². The first-order valence-electron chi connectivity index (χ1n) is 5.40. The summed E-state index contributed by atoms with van der Waals surface area (Å²) in [5.41, 5.74) is -0.661. The molecular formula is C10H18N2O2. The van der Waals surface area contributed by atoms with Gasteiger partial charge in [-0.3, -0.25) is 4.79 Å². The maximum atomic E-state index is 11.4. The third-order valence-corrected chi connectivity index (χ3v) is 3.63. The predicted octanol–water partition coefficient (Wildman–Crippen LogP) is 0.145. The standard InChI is InChI=1S/C10H18N2O2/c1-2-11-10(9(13)14)7-12-5-3-8(10)4-6-12/h8,11H,2-7H2,1H3,(H,13,14). The molecule has 0 radical (unpaired) electrons. The van der Waals surface area contributed by atoms with Gasteiger partial charge in [0.15, 0.2) is 0 Å². The van der Waals surface area contributed by atoms with E-state index in [-0.39, 0.29) is 0 Å². The van der Waals surface area contributed by atoms with Crippen molar-refractivity contribution in [1.82, 2.24) is 10.2 Å². The molecule has 3 fully saturated rings. The summed E-state index contributed by atoms with van der Waals surface area (Å²) >= 11 is 0. The number of aliphatic carboxylic acids is 1. The van der Waals surface area contributed by atoms with Crippen LogP contribution in [0.3, 0.4) is 0 Å². The zero-order valence-electron chi connectivity index (χ0n) is 8.62. The molecular weight excluding hydrogens is 180 g/mol. The van der Waals surface area contributed by atoms with Crippen molar-refractivity contribution in [2.45, 2.75) is 25.3 Å². The van der Waals surface area contributed by atoms with Gasteiger partial charge in [0.25, 0.3) is 0 Å². The fraction of sp³-hybridized carbons (Fsp3) is 0.900. The van der Waals surface area contributed by atoms with E-state index in [9.17, 15) is 9.90 Å². The van der Waals surface area contributed by atoms with Gasteiger partial charge in [0.2, 0.25) is 0 Å². The van der Waals surface area contributed by atoms with Crippen molar-refractivity contribution in [3.8, 4) is 0 Å². The molecule has 2 N–H and O–H groups in total. The van der Waals surface area contributed by atoms with Gasteiger partial charge in [-0.25, -0.2) is 0 Å². The molecule has 0 amide bonds. The van der Waals surface area contributed by atoms with Gasteiger partial charge >= 0.3 is 5.97 Å². The fourth-order valence-corrected chi connectivity index (χ4v) is 2.90. The molecule has 4 heteroatoms. The van der Waals surface area contributed by atoms with E-state index in [1.807, 2.05) is 6.92 Å². The van der Waals surface area contributed by atoms with Gasteiger partial charge in [0.05, 0.1) is 0 Å². The molecule has 0 aromatic carbocycles. The van der Waals surface area contributed by atoms with Gasteiger partial charge < -0.3 is 15.3 Å². The SMILES string of the molecule is CCNC1(C(=O)O)CN2CCC1CC2. The maximum absolute atomic E-state index is 11.4. The molecule has 0 saturated carbocycles. The highest BCUT2D eigenvalue weighted by Gasteiger charge is 2.51. The van der Waals surface area contributed by atoms with Crippen LogP contribution >= 0.6 is 0 Å². The number of piperidine rings is 3. The monoisotopic (exact) mass is 198 g/mol. The van der Waals surface area contributed by atoms with Crippen molar-refractivity contribution in [1.29, 1.82) is 0 Å². The molecule has 1 atom stereocenters. The first kappa shape index (κ1) is 9.93. The lowest BCUT2D eigenvalue weighted by atomic mass is 9.72. The van der Waals surface area contributed by atoms with E-state index < -0.39 is 11.5 Å². The molecule has 2 bridgehead atoms. The van der Waals surface area contributed by atoms with E-state index in [0.717, 1.165) is 32.5 Å². The molecule has 0 aromatic heterocycles. The lowest BCUT2D eigenvalue weighted by Crippen LogP contribution is -2.69. The number of fused-ring (bicyclic) bond motifs is 3. The largest absolute Gasteiger partial charge is 0.480 e. The Balaban J connectivity index is 2.22. The molecule has 0 spiro atoms. The van der Waals surface area contributed by atoms with Gasteiger partial charge in [-0.15, -0.1) is 0 Å². The van der Waals surface area contributed by atoms with Crippen molar-refractivity contribution in [3.05, 3.63) is 0 Å². The normalized spacial score (nSPS) is 41.2. The Kier molecular flexibility index (Phi) is 2.49. The number of rotatable bonds is 3. The number of hydrogen-bond acceptors (Lipinski definition) is 3. The molecule has 3 rings (SSSR count). The highest BCUT2D eigenvalue weighted by Crippen LogP contribution is 2.35. The number of carboxylic acids is 1. The van der Waals surface area contributed by atoms with E-state index in [1.165, 1.54) is 0 Å². The lowest BCUT2D eigenvalue weighted by Gasteiger charge is -2.51. The van der Waals surface area contributed by atoms with Gasteiger partial charge in [0, 0.05) is 6.54 Å². The van der Waals surface area contributed by atoms with E-state index in [4.69, 9.17) is 0 Å². The summed E-state index contributed by atoms with van der Waals surface area (Å²) in [5.74, 6) is -0.348. The van der Waals surface area contributed by atoms with Crippen LogP contribution < -0.4 is 5.32 Å². The molecule has 4 nitrogen and oxygen atoms in total. The Morgan fingerprint density at radius 2 is 2.21 bits per heavy atom. The average Bonchev–Trinajstić information content (AvgIpc) is 2.19. The number of hydrogen-bond donors (Lipinski definition) is 2. The van der Waals surface area contributed by atoms with Crippen molar-refractivity contribution in [2.24, 2.45) is 5.92 Å². The second kappa shape index (κ2) is 3.51. The first-order chi connectivity index (χ1) is 6.69. The summed E-state index contributed by atoms with van der Waals surface area (Å²) in [4.78, 5) is 13.6. The second-order valence-corrected chi connectivity index (χ2v) is 4.36. The number of nitrogens with zero attached hydrogens (tertiary/aromatic N) is 1. The molecule has 1 unspecified atom stereocenters. The highest BCUT2D eigenvalue weighted by molar-refractivity contribution is 5.80. The minimum atomic E-state index is -0.672. The van der Waals surface area contributed by atoms with Crippen molar-refractivity contribution < 1.29 is 9.90 Å². The van der Waals surface area contributed by atoms with Crippen LogP contribution in [0.2, 0.25) is 0 Å². The first-order valence-corrected chi connectivity index (χ1v) is 5.40. The van der Waals surface area contributed by atoms with Gasteiger partial charge in [-0.2, -0.15) is 0 Å². The topological polar surface area (TPSA) is 52.6 Å². The van der Waals surface area contributed by atoms with Crippen molar-refractivity contribution in [3.63, 3.8) is 0 Å². The van der Waals surface area contributed by atoms with Crippen LogP contribution in [-0.2, 0) is 4.79 Å². The molecule has 0 aromatic rings. The van der Waals surface area contributed by atoms with Gasteiger partial charge in [-0.05, 0) is 38.4 Å². The average molecular weight is 198 g/mol. The van der Waals surface area contributed by atoms with Crippen LogP contribution in [0.1, 0.15) is 19.8 Å². The van der Waals surface area contributed by atoms with Gasteiger partial charge in [0.1, 0.15) is 5.54 Å². The molecule has 3 heterocycles. The Hall–Kier alpha value is -0.610. The van der Waals surface area contributed by atoms with Crippen LogP contribution in [-0.4, -0.2) is 47.7 Å². The fourth-order valence-electron chi connectivity index (χ4n) is 2.90. The van der Waals surface area contributed by atoms with Crippen LogP contribution in [0.4, 0.5) is 0 Å². The number of carbonyl (C=O) groups is 1. The Labute approximate surface area is 84.3 Å². The molecule has 80 valence electrons. The molecule has 3 aliphatic rings. The molecule has 14 heavy (non-hydrogen) atoms. The van der Waals surface area contributed by atoms with E-state index in [2.05, 4.69) is 10.2 Å². The van der Waals surface area contributed by atoms with Crippen molar-refractivity contribution >= 4 is 5.97 Å². The van der Waals surface area contributed by atoms with Crippen LogP contribution in [0, 0.1) is 5.92 Å². The lowest BCUT2D eigenvalue weighted by molar-refractivity contribution is -0.154. The zero-order valence-corrected chi connectivity index (χ0v) is 8.62. The van der Waals surface area contributed by atoms with Crippen LogP contribution in [0.25, 0.3) is 0 Å². The van der Waals surface area contributed by atoms with E-state index >= 15 is 0 Å². The number of carboxylic acid groups (broad SMARTS) is 1. The summed E-state index contributed by atoms with van der Waals surface area (Å²) in [6.45, 7) is 5.54. The maximum Gasteiger partial charge on any atom is 0.325 e. The minimum absolute atomic E-state index is 0.324. The Bertz CT molecular complexity index is 236. The second-order valence-electron chi connectivity index (χ2n) is 4.36. The third kappa shape index (κ3) is 1.33. The summed E-state index contributed by atoms with van der Waals surface area (Å²) in [6.07, 6.45) is 2.05. The summed E-state index contributed by atoms with van der Waals surface area (Å²) in [5, 5.41) is 12.5. The highest BCUT2D eigenvalue weighted by atomic mass is 16.4.